The molecule has 1 heterocycles. The maximum Gasteiger partial charge on any atom is 0.0534 e. The molecule has 0 saturated carbocycles. The SMILES string of the molecule is CC(C)(C)c1ccc(Nc2csc3c2C(C)(C)CCC3(C)C)cc1. The highest BCUT2D eigenvalue weighted by atomic mass is 32.1. The van der Waals surface area contributed by atoms with Crippen LogP contribution in [0.4, 0.5) is 11.4 Å². The number of rotatable bonds is 2. The average molecular weight is 342 g/mol. The van der Waals surface area contributed by atoms with E-state index in [2.05, 4.69) is 83.4 Å². The number of hydrogen-bond acceptors (Lipinski definition) is 2. The summed E-state index contributed by atoms with van der Waals surface area (Å²) in [7, 11) is 0. The molecule has 0 radical (unpaired) electrons. The Balaban J connectivity index is 1.94. The van der Waals surface area contributed by atoms with Crippen molar-refractivity contribution in [2.45, 2.75) is 77.6 Å². The zero-order valence-electron chi connectivity index (χ0n) is 16.2. The first-order chi connectivity index (χ1) is 11.0. The summed E-state index contributed by atoms with van der Waals surface area (Å²) < 4.78 is 0. The molecule has 0 unspecified atom stereocenters. The normalized spacial score (nSPS) is 19.0. The van der Waals surface area contributed by atoms with Crippen molar-refractivity contribution in [3.05, 3.63) is 45.6 Å². The van der Waals surface area contributed by atoms with E-state index in [1.807, 2.05) is 11.3 Å². The van der Waals surface area contributed by atoms with Crippen LogP contribution in [0.5, 0.6) is 0 Å². The van der Waals surface area contributed by atoms with Crippen molar-refractivity contribution in [3.8, 4) is 0 Å². The number of thiophene rings is 1. The van der Waals surface area contributed by atoms with Crippen molar-refractivity contribution < 1.29 is 0 Å². The second kappa shape index (κ2) is 5.62. The van der Waals surface area contributed by atoms with Crippen LogP contribution < -0.4 is 5.32 Å². The zero-order chi connectivity index (χ0) is 17.8. The predicted molar refractivity (Wildman–Crippen MR) is 108 cm³/mol. The maximum absolute atomic E-state index is 3.69. The van der Waals surface area contributed by atoms with Crippen molar-refractivity contribution in [3.63, 3.8) is 0 Å². The molecule has 2 heteroatoms. The third-order valence-corrected chi connectivity index (χ3v) is 6.83. The molecule has 0 aliphatic heterocycles. The van der Waals surface area contributed by atoms with Gasteiger partial charge in [-0.25, -0.2) is 0 Å². The molecule has 0 bridgehead atoms. The Kier molecular flexibility index (Phi) is 4.11. The van der Waals surface area contributed by atoms with Crippen molar-refractivity contribution in [2.75, 3.05) is 5.32 Å². The predicted octanol–water partition coefficient (Wildman–Crippen LogP) is 7.14. The van der Waals surface area contributed by atoms with Gasteiger partial charge in [0.05, 0.1) is 5.69 Å². The highest BCUT2D eigenvalue weighted by Crippen LogP contribution is 2.52. The van der Waals surface area contributed by atoms with Crippen LogP contribution in [0.15, 0.2) is 29.6 Å². The van der Waals surface area contributed by atoms with E-state index in [-0.39, 0.29) is 10.8 Å². The molecule has 0 amide bonds. The molecule has 1 aliphatic carbocycles. The molecular formula is C22H31NS. The number of benzene rings is 1. The average Bonchev–Trinajstić information content (AvgIpc) is 2.90. The molecule has 1 nitrogen and oxygen atoms in total. The Morgan fingerprint density at radius 1 is 0.917 bits per heavy atom. The minimum absolute atomic E-state index is 0.200. The Bertz CT molecular complexity index is 726. The summed E-state index contributed by atoms with van der Waals surface area (Å²) in [5.74, 6) is 0. The number of fused-ring (bicyclic) bond motifs is 1. The van der Waals surface area contributed by atoms with Gasteiger partial charge in [0.2, 0.25) is 0 Å². The highest BCUT2D eigenvalue weighted by Gasteiger charge is 2.40. The Morgan fingerprint density at radius 2 is 1.50 bits per heavy atom. The zero-order valence-corrected chi connectivity index (χ0v) is 17.0. The van der Waals surface area contributed by atoms with Gasteiger partial charge in [-0.05, 0) is 52.3 Å². The summed E-state index contributed by atoms with van der Waals surface area (Å²) in [5.41, 5.74) is 6.14. The summed E-state index contributed by atoms with van der Waals surface area (Å²) in [6.45, 7) is 16.3. The van der Waals surface area contributed by atoms with Crippen LogP contribution in [0.25, 0.3) is 0 Å². The number of hydrogen-bond donors (Lipinski definition) is 1. The molecule has 1 aromatic heterocycles. The molecule has 0 atom stereocenters. The molecule has 0 saturated heterocycles. The van der Waals surface area contributed by atoms with Crippen molar-refractivity contribution in [1.29, 1.82) is 0 Å². The van der Waals surface area contributed by atoms with Gasteiger partial charge in [0.15, 0.2) is 0 Å². The molecular weight excluding hydrogens is 310 g/mol. The van der Waals surface area contributed by atoms with Gasteiger partial charge in [0, 0.05) is 15.9 Å². The lowest BCUT2D eigenvalue weighted by atomic mass is 9.66. The van der Waals surface area contributed by atoms with Crippen LogP contribution in [0.1, 0.15) is 77.3 Å². The summed E-state index contributed by atoms with van der Waals surface area (Å²) in [4.78, 5) is 1.56. The fraction of sp³-hybridized carbons (Fsp3) is 0.545. The van der Waals surface area contributed by atoms with Crippen LogP contribution in [0, 0.1) is 0 Å². The molecule has 0 fully saturated rings. The Morgan fingerprint density at radius 3 is 2.08 bits per heavy atom. The third kappa shape index (κ3) is 3.13. The Labute approximate surface area is 151 Å². The quantitative estimate of drug-likeness (QED) is 0.612. The van der Waals surface area contributed by atoms with E-state index in [0.717, 1.165) is 0 Å². The minimum atomic E-state index is 0.200. The van der Waals surface area contributed by atoms with E-state index in [1.165, 1.54) is 35.3 Å². The van der Waals surface area contributed by atoms with E-state index in [1.54, 1.807) is 4.88 Å². The molecule has 130 valence electrons. The first kappa shape index (κ1) is 17.5. The van der Waals surface area contributed by atoms with Crippen molar-refractivity contribution >= 4 is 22.7 Å². The number of anilines is 2. The third-order valence-electron chi connectivity index (χ3n) is 5.49. The lowest BCUT2D eigenvalue weighted by molar-refractivity contribution is 0.340. The van der Waals surface area contributed by atoms with Crippen LogP contribution in [0.3, 0.4) is 0 Å². The fourth-order valence-electron chi connectivity index (χ4n) is 3.69. The first-order valence-electron chi connectivity index (χ1n) is 9.01. The molecule has 2 aromatic rings. The second-order valence-electron chi connectivity index (χ2n) is 9.57. The van der Waals surface area contributed by atoms with Gasteiger partial charge in [-0.1, -0.05) is 60.6 Å². The van der Waals surface area contributed by atoms with Gasteiger partial charge in [-0.3, -0.25) is 0 Å². The Hall–Kier alpha value is -1.28. The maximum atomic E-state index is 3.69. The van der Waals surface area contributed by atoms with Gasteiger partial charge < -0.3 is 5.32 Å². The van der Waals surface area contributed by atoms with Gasteiger partial charge in [-0.2, -0.15) is 0 Å². The van der Waals surface area contributed by atoms with Crippen molar-refractivity contribution in [1.82, 2.24) is 0 Å². The number of nitrogens with one attached hydrogen (secondary N) is 1. The minimum Gasteiger partial charge on any atom is -0.355 e. The van der Waals surface area contributed by atoms with Gasteiger partial charge in [0.25, 0.3) is 0 Å². The summed E-state index contributed by atoms with van der Waals surface area (Å²) in [5, 5.41) is 6.01. The fourth-order valence-corrected chi connectivity index (χ4v) is 5.03. The van der Waals surface area contributed by atoms with E-state index >= 15 is 0 Å². The van der Waals surface area contributed by atoms with Gasteiger partial charge in [-0.15, -0.1) is 11.3 Å². The monoisotopic (exact) mass is 341 g/mol. The molecule has 24 heavy (non-hydrogen) atoms. The van der Waals surface area contributed by atoms with Crippen LogP contribution in [-0.4, -0.2) is 0 Å². The standard InChI is InChI=1S/C22H31NS/c1-20(2,3)15-8-10-16(11-9-15)23-17-14-24-19-18(17)21(4,5)12-13-22(19,6)7/h8-11,14,23H,12-13H2,1-7H3. The molecule has 1 N–H and O–H groups in total. The van der Waals surface area contributed by atoms with E-state index < -0.39 is 0 Å². The molecule has 1 aromatic carbocycles. The van der Waals surface area contributed by atoms with E-state index in [4.69, 9.17) is 0 Å². The van der Waals surface area contributed by atoms with E-state index in [9.17, 15) is 0 Å². The molecule has 1 aliphatic rings. The van der Waals surface area contributed by atoms with E-state index in [0.29, 0.717) is 5.41 Å². The van der Waals surface area contributed by atoms with Gasteiger partial charge >= 0.3 is 0 Å². The lowest BCUT2D eigenvalue weighted by Crippen LogP contribution is -2.32. The lowest BCUT2D eigenvalue weighted by Gasteiger charge is -2.40. The molecule has 3 rings (SSSR count). The first-order valence-corrected chi connectivity index (χ1v) is 9.89. The van der Waals surface area contributed by atoms with Crippen LogP contribution >= 0.6 is 11.3 Å². The topological polar surface area (TPSA) is 12.0 Å². The molecule has 0 spiro atoms. The van der Waals surface area contributed by atoms with Crippen LogP contribution in [-0.2, 0) is 16.2 Å². The van der Waals surface area contributed by atoms with Gasteiger partial charge in [0.1, 0.15) is 0 Å². The summed E-state index contributed by atoms with van der Waals surface area (Å²) in [6, 6.07) is 8.92. The second-order valence-corrected chi connectivity index (χ2v) is 10.5. The van der Waals surface area contributed by atoms with Crippen molar-refractivity contribution in [2.24, 2.45) is 0 Å². The largest absolute Gasteiger partial charge is 0.355 e. The smallest absolute Gasteiger partial charge is 0.0534 e. The van der Waals surface area contributed by atoms with Crippen LogP contribution in [0.2, 0.25) is 0 Å². The summed E-state index contributed by atoms with van der Waals surface area (Å²) >= 11 is 1.93. The highest BCUT2D eigenvalue weighted by molar-refractivity contribution is 7.10. The summed E-state index contributed by atoms with van der Waals surface area (Å²) in [6.07, 6.45) is 2.52.